The topological polar surface area (TPSA) is 90.4 Å². The van der Waals surface area contributed by atoms with E-state index in [2.05, 4.69) is 15.5 Å². The highest BCUT2D eigenvalue weighted by molar-refractivity contribution is 7.11. The molecule has 0 saturated carbocycles. The summed E-state index contributed by atoms with van der Waals surface area (Å²) in [6, 6.07) is 0. The van der Waals surface area contributed by atoms with Crippen LogP contribution in [0.15, 0.2) is 0 Å². The van der Waals surface area contributed by atoms with Crippen LogP contribution in [-0.2, 0) is 27.2 Å². The molecule has 0 unspecified atom stereocenters. The summed E-state index contributed by atoms with van der Waals surface area (Å²) in [5, 5.41) is 11.5. The number of hydrogen-bond acceptors (Lipinski definition) is 7. The predicted octanol–water partition coefficient (Wildman–Crippen LogP) is 1.67. The second-order valence-corrected chi connectivity index (χ2v) is 6.07. The van der Waals surface area contributed by atoms with Gasteiger partial charge in [-0.15, -0.1) is 10.2 Å². The van der Waals surface area contributed by atoms with Gasteiger partial charge in [-0.25, -0.2) is 4.79 Å². The number of carbonyl (C=O) groups excluding carboxylic acids is 2. The van der Waals surface area contributed by atoms with E-state index in [1.54, 1.807) is 27.7 Å². The van der Waals surface area contributed by atoms with Crippen LogP contribution in [0.2, 0.25) is 0 Å². The van der Waals surface area contributed by atoms with Gasteiger partial charge in [0.25, 0.3) is 0 Å². The Hall–Kier alpha value is -1.70. The summed E-state index contributed by atoms with van der Waals surface area (Å²) in [6.07, 6.45) is -0.419. The average Bonchev–Trinajstić information content (AvgIpc) is 2.72. The number of aromatic nitrogens is 2. The number of rotatable bonds is 5. The SMILES string of the molecule is CCOC(=O)Cc1nnc(CNC(=O)OC(C)(C)C)s1. The van der Waals surface area contributed by atoms with Crippen LogP contribution < -0.4 is 5.32 Å². The van der Waals surface area contributed by atoms with Crippen LogP contribution in [0.25, 0.3) is 0 Å². The molecule has 0 fully saturated rings. The Bertz CT molecular complexity index is 468. The lowest BCUT2D eigenvalue weighted by molar-refractivity contribution is -0.142. The van der Waals surface area contributed by atoms with Crippen molar-refractivity contribution in [1.82, 2.24) is 15.5 Å². The van der Waals surface area contributed by atoms with Gasteiger partial charge in [-0.05, 0) is 27.7 Å². The molecule has 1 heterocycles. The zero-order valence-electron chi connectivity index (χ0n) is 12.1. The number of hydrogen-bond donors (Lipinski definition) is 1. The minimum absolute atomic E-state index is 0.0952. The molecule has 1 aromatic heterocycles. The fourth-order valence-corrected chi connectivity index (χ4v) is 2.00. The molecule has 20 heavy (non-hydrogen) atoms. The molecule has 0 atom stereocenters. The van der Waals surface area contributed by atoms with E-state index < -0.39 is 11.7 Å². The van der Waals surface area contributed by atoms with Crippen LogP contribution in [0.4, 0.5) is 4.79 Å². The molecular weight excluding hydrogens is 282 g/mol. The highest BCUT2D eigenvalue weighted by Gasteiger charge is 2.16. The van der Waals surface area contributed by atoms with Gasteiger partial charge in [0.15, 0.2) is 0 Å². The molecule has 1 amide bonds. The molecule has 0 aliphatic rings. The first-order valence-electron chi connectivity index (χ1n) is 6.24. The minimum atomic E-state index is -0.541. The Morgan fingerprint density at radius 2 is 1.90 bits per heavy atom. The second kappa shape index (κ2) is 7.18. The summed E-state index contributed by atoms with van der Waals surface area (Å²) in [5.74, 6) is -0.338. The van der Waals surface area contributed by atoms with Crippen LogP contribution in [0, 0.1) is 0 Å². The number of alkyl carbamates (subject to hydrolysis) is 1. The summed E-state index contributed by atoms with van der Waals surface area (Å²) in [4.78, 5) is 22.7. The molecule has 7 nitrogen and oxygen atoms in total. The standard InChI is InChI=1S/C12H19N3O4S/c1-5-18-10(16)6-8-14-15-9(20-8)7-13-11(17)19-12(2,3)4/h5-7H2,1-4H3,(H,13,17). The van der Waals surface area contributed by atoms with Gasteiger partial charge in [-0.2, -0.15) is 0 Å². The molecule has 1 N–H and O–H groups in total. The highest BCUT2D eigenvalue weighted by Crippen LogP contribution is 2.11. The highest BCUT2D eigenvalue weighted by atomic mass is 32.1. The Morgan fingerprint density at radius 3 is 2.50 bits per heavy atom. The van der Waals surface area contributed by atoms with Crippen molar-refractivity contribution < 1.29 is 19.1 Å². The van der Waals surface area contributed by atoms with Crippen molar-refractivity contribution in [2.75, 3.05) is 6.61 Å². The van der Waals surface area contributed by atoms with Crippen LogP contribution >= 0.6 is 11.3 Å². The first-order valence-corrected chi connectivity index (χ1v) is 7.05. The number of nitrogens with zero attached hydrogens (tertiary/aromatic N) is 2. The zero-order valence-corrected chi connectivity index (χ0v) is 12.9. The van der Waals surface area contributed by atoms with Gasteiger partial charge < -0.3 is 14.8 Å². The smallest absolute Gasteiger partial charge is 0.408 e. The summed E-state index contributed by atoms with van der Waals surface area (Å²) >= 11 is 1.25. The molecule has 0 aliphatic heterocycles. The van der Waals surface area contributed by atoms with E-state index in [9.17, 15) is 9.59 Å². The molecule has 8 heteroatoms. The molecule has 0 saturated heterocycles. The van der Waals surface area contributed by atoms with Crippen LogP contribution in [0.1, 0.15) is 37.7 Å². The average molecular weight is 301 g/mol. The molecule has 1 rings (SSSR count). The fourth-order valence-electron chi connectivity index (χ4n) is 1.23. The Kier molecular flexibility index (Phi) is 5.87. The van der Waals surface area contributed by atoms with Gasteiger partial charge in [-0.3, -0.25) is 4.79 Å². The van der Waals surface area contributed by atoms with E-state index in [0.29, 0.717) is 16.6 Å². The lowest BCUT2D eigenvalue weighted by atomic mass is 10.2. The van der Waals surface area contributed by atoms with Crippen molar-refractivity contribution >= 4 is 23.4 Å². The van der Waals surface area contributed by atoms with Gasteiger partial charge in [0.1, 0.15) is 15.6 Å². The first-order chi connectivity index (χ1) is 9.30. The summed E-state index contributed by atoms with van der Waals surface area (Å²) in [5.41, 5.74) is -0.541. The summed E-state index contributed by atoms with van der Waals surface area (Å²) in [7, 11) is 0. The van der Waals surface area contributed by atoms with E-state index in [1.807, 2.05) is 0 Å². The zero-order chi connectivity index (χ0) is 15.2. The van der Waals surface area contributed by atoms with Crippen LogP contribution in [0.5, 0.6) is 0 Å². The molecule has 0 spiro atoms. The molecule has 112 valence electrons. The van der Waals surface area contributed by atoms with E-state index in [0.717, 1.165) is 0 Å². The number of esters is 1. The van der Waals surface area contributed by atoms with E-state index in [-0.39, 0.29) is 18.9 Å². The largest absolute Gasteiger partial charge is 0.466 e. The molecule has 0 aliphatic carbocycles. The normalized spacial score (nSPS) is 11.0. The third-order valence-corrected chi connectivity index (χ3v) is 2.82. The third kappa shape index (κ3) is 6.46. The summed E-state index contributed by atoms with van der Waals surface area (Å²) in [6.45, 7) is 7.66. The molecule has 0 bridgehead atoms. The molecular formula is C12H19N3O4S. The maximum Gasteiger partial charge on any atom is 0.408 e. The van der Waals surface area contributed by atoms with Crippen molar-refractivity contribution in [3.63, 3.8) is 0 Å². The number of nitrogens with one attached hydrogen (secondary N) is 1. The van der Waals surface area contributed by atoms with Crippen molar-refractivity contribution in [3.8, 4) is 0 Å². The molecule has 0 aromatic carbocycles. The summed E-state index contributed by atoms with van der Waals surface area (Å²) < 4.78 is 9.91. The van der Waals surface area contributed by atoms with Gasteiger partial charge in [0.05, 0.1) is 19.6 Å². The maximum absolute atomic E-state index is 11.5. The Morgan fingerprint density at radius 1 is 1.25 bits per heavy atom. The van der Waals surface area contributed by atoms with Crippen molar-refractivity contribution in [3.05, 3.63) is 10.0 Å². The van der Waals surface area contributed by atoms with Gasteiger partial charge in [-0.1, -0.05) is 11.3 Å². The van der Waals surface area contributed by atoms with Gasteiger partial charge in [0.2, 0.25) is 0 Å². The lowest BCUT2D eigenvalue weighted by Crippen LogP contribution is -2.32. The van der Waals surface area contributed by atoms with Crippen LogP contribution in [-0.4, -0.2) is 34.5 Å². The predicted molar refractivity (Wildman–Crippen MR) is 73.3 cm³/mol. The fraction of sp³-hybridized carbons (Fsp3) is 0.667. The van der Waals surface area contributed by atoms with E-state index in [1.165, 1.54) is 11.3 Å². The number of carbonyl (C=O) groups is 2. The number of amides is 1. The van der Waals surface area contributed by atoms with Crippen molar-refractivity contribution in [1.29, 1.82) is 0 Å². The lowest BCUT2D eigenvalue weighted by Gasteiger charge is -2.19. The maximum atomic E-state index is 11.5. The van der Waals surface area contributed by atoms with Gasteiger partial charge in [0, 0.05) is 0 Å². The minimum Gasteiger partial charge on any atom is -0.466 e. The van der Waals surface area contributed by atoms with Crippen molar-refractivity contribution in [2.45, 2.75) is 46.3 Å². The first kappa shape index (κ1) is 16.4. The quantitative estimate of drug-likeness (QED) is 0.832. The second-order valence-electron chi connectivity index (χ2n) is 4.93. The van der Waals surface area contributed by atoms with E-state index in [4.69, 9.17) is 9.47 Å². The number of ether oxygens (including phenoxy) is 2. The van der Waals surface area contributed by atoms with Gasteiger partial charge >= 0.3 is 12.1 Å². The Labute approximate surface area is 121 Å². The molecule has 0 radical (unpaired) electrons. The third-order valence-electron chi connectivity index (χ3n) is 1.89. The molecule has 1 aromatic rings. The van der Waals surface area contributed by atoms with Crippen LogP contribution in [0.3, 0.4) is 0 Å². The Balaban J connectivity index is 2.41. The monoisotopic (exact) mass is 301 g/mol. The van der Waals surface area contributed by atoms with Crippen molar-refractivity contribution in [2.24, 2.45) is 0 Å². The van der Waals surface area contributed by atoms with E-state index >= 15 is 0 Å².